The quantitative estimate of drug-likeness (QED) is 0.416. The fourth-order valence-corrected chi connectivity index (χ4v) is 3.25. The highest BCUT2D eigenvalue weighted by Crippen LogP contribution is 2.32. The first-order valence-electron chi connectivity index (χ1n) is 10.8. The predicted molar refractivity (Wildman–Crippen MR) is 130 cm³/mol. The van der Waals surface area contributed by atoms with Crippen LogP contribution in [0.2, 0.25) is 0 Å². The average molecular weight is 478 g/mol. The maximum absolute atomic E-state index is 12.9. The molecule has 1 aromatic heterocycles. The van der Waals surface area contributed by atoms with E-state index in [1.165, 1.54) is 0 Å². The molecule has 35 heavy (non-hydrogen) atoms. The fraction of sp³-hybridized carbons (Fsp3) is 0.231. The number of nitrogens with zero attached hydrogens (tertiary/aromatic N) is 1. The number of nitrogens with two attached hydrogens (primary N) is 1. The van der Waals surface area contributed by atoms with Crippen LogP contribution in [0.15, 0.2) is 67.0 Å². The molecule has 9 heteroatoms. The van der Waals surface area contributed by atoms with E-state index in [0.29, 0.717) is 33.7 Å². The second-order valence-corrected chi connectivity index (χ2v) is 8.71. The van der Waals surface area contributed by atoms with Crippen LogP contribution in [0.3, 0.4) is 0 Å². The number of aliphatic carboxylic acids is 1. The topological polar surface area (TPSA) is 141 Å². The first-order valence-corrected chi connectivity index (χ1v) is 10.8. The van der Waals surface area contributed by atoms with Gasteiger partial charge in [0.1, 0.15) is 17.4 Å². The van der Waals surface area contributed by atoms with Crippen molar-refractivity contribution in [3.05, 3.63) is 78.1 Å². The van der Waals surface area contributed by atoms with Crippen molar-refractivity contribution in [3.63, 3.8) is 0 Å². The molecule has 0 saturated heterocycles. The second kappa shape index (κ2) is 10.8. The number of hydrogen-bond donors (Lipinski definition) is 3. The van der Waals surface area contributed by atoms with Gasteiger partial charge < -0.3 is 25.6 Å². The highest BCUT2D eigenvalue weighted by molar-refractivity contribution is 6.05. The van der Waals surface area contributed by atoms with Gasteiger partial charge in [-0.3, -0.25) is 9.78 Å². The minimum atomic E-state index is -1.12. The van der Waals surface area contributed by atoms with Crippen LogP contribution < -0.4 is 15.8 Å². The van der Waals surface area contributed by atoms with Gasteiger partial charge in [0.15, 0.2) is 6.61 Å². The third-order valence-corrected chi connectivity index (χ3v) is 4.76. The molecule has 3 rings (SSSR count). The van der Waals surface area contributed by atoms with Crippen molar-refractivity contribution < 1.29 is 29.0 Å². The summed E-state index contributed by atoms with van der Waals surface area (Å²) in [5, 5.41) is 11.7. The summed E-state index contributed by atoms with van der Waals surface area (Å²) in [4.78, 5) is 40.4. The molecule has 2 aromatic carbocycles. The number of pyridine rings is 1. The van der Waals surface area contributed by atoms with Crippen LogP contribution in [0.5, 0.6) is 5.75 Å². The third-order valence-electron chi connectivity index (χ3n) is 4.76. The van der Waals surface area contributed by atoms with E-state index in [0.717, 1.165) is 0 Å². The molecule has 1 unspecified atom stereocenters. The molecule has 0 aliphatic rings. The number of ether oxygens (including phenoxy) is 2. The van der Waals surface area contributed by atoms with Crippen molar-refractivity contribution in [1.82, 2.24) is 4.98 Å². The lowest BCUT2D eigenvalue weighted by Crippen LogP contribution is -2.32. The van der Waals surface area contributed by atoms with E-state index in [9.17, 15) is 14.4 Å². The van der Waals surface area contributed by atoms with Gasteiger partial charge in [-0.15, -0.1) is 0 Å². The summed E-state index contributed by atoms with van der Waals surface area (Å²) in [6, 6.07) is 13.7. The number of aromatic nitrogens is 1. The summed E-state index contributed by atoms with van der Waals surface area (Å²) in [6.07, 6.45) is 3.12. The molecule has 0 fully saturated rings. The van der Waals surface area contributed by atoms with Crippen molar-refractivity contribution in [2.45, 2.75) is 32.4 Å². The molecule has 0 saturated carbocycles. The van der Waals surface area contributed by atoms with Crippen LogP contribution in [0.4, 0.5) is 5.69 Å². The lowest BCUT2D eigenvalue weighted by atomic mass is 9.92. The smallest absolute Gasteiger partial charge is 0.341 e. The molecule has 1 atom stereocenters. The Bertz CT molecular complexity index is 1220. The molecule has 9 nitrogen and oxygen atoms in total. The van der Waals surface area contributed by atoms with E-state index < -0.39 is 30.2 Å². The minimum absolute atomic E-state index is 0.313. The Kier molecular flexibility index (Phi) is 7.83. The van der Waals surface area contributed by atoms with Crippen LogP contribution in [0.25, 0.3) is 11.1 Å². The zero-order valence-electron chi connectivity index (χ0n) is 19.6. The van der Waals surface area contributed by atoms with Crippen molar-refractivity contribution in [2.24, 2.45) is 5.73 Å². The third kappa shape index (κ3) is 7.12. The zero-order chi connectivity index (χ0) is 25.6. The number of amides is 1. The van der Waals surface area contributed by atoms with E-state index in [1.54, 1.807) is 87.8 Å². The maximum atomic E-state index is 12.9. The Labute approximate surface area is 202 Å². The minimum Gasteiger partial charge on any atom is -0.482 e. The number of benzene rings is 2. The van der Waals surface area contributed by atoms with E-state index in [4.69, 9.17) is 20.3 Å². The predicted octanol–water partition coefficient (Wildman–Crippen LogP) is 3.81. The van der Waals surface area contributed by atoms with E-state index in [2.05, 4.69) is 10.3 Å². The Morgan fingerprint density at radius 2 is 1.77 bits per heavy atom. The van der Waals surface area contributed by atoms with Crippen LogP contribution in [0, 0.1) is 0 Å². The van der Waals surface area contributed by atoms with Crippen LogP contribution in [0.1, 0.15) is 42.7 Å². The number of carbonyl (C=O) groups is 3. The fourth-order valence-electron chi connectivity index (χ4n) is 3.25. The summed E-state index contributed by atoms with van der Waals surface area (Å²) in [7, 11) is 0. The number of carboxylic acid groups (broad SMARTS) is 1. The SMILES string of the molecule is CC(C)(C)OC(=O)C(N)c1ccc(C(=O)Nc2ccncc2)cc1-c1cccc(OCC(=O)O)c1. The Balaban J connectivity index is 2.02. The van der Waals surface area contributed by atoms with Crippen LogP contribution in [-0.2, 0) is 14.3 Å². The number of hydrogen-bond acceptors (Lipinski definition) is 7. The number of nitrogens with one attached hydrogen (secondary N) is 1. The molecule has 1 heterocycles. The number of carbonyl (C=O) groups excluding carboxylic acids is 2. The molecule has 0 aliphatic carbocycles. The van der Waals surface area contributed by atoms with Gasteiger partial charge in [0.25, 0.3) is 5.91 Å². The zero-order valence-corrected chi connectivity index (χ0v) is 19.6. The molecule has 182 valence electrons. The Morgan fingerprint density at radius 3 is 2.43 bits per heavy atom. The van der Waals surface area contributed by atoms with E-state index >= 15 is 0 Å². The van der Waals surface area contributed by atoms with Crippen molar-refractivity contribution in [3.8, 4) is 16.9 Å². The van der Waals surface area contributed by atoms with Gasteiger partial charge >= 0.3 is 11.9 Å². The maximum Gasteiger partial charge on any atom is 0.341 e. The van der Waals surface area contributed by atoms with Crippen LogP contribution in [-0.4, -0.2) is 40.1 Å². The summed E-state index contributed by atoms with van der Waals surface area (Å²) >= 11 is 0. The summed E-state index contributed by atoms with van der Waals surface area (Å²) < 4.78 is 10.7. The summed E-state index contributed by atoms with van der Waals surface area (Å²) in [5.74, 6) is -1.79. The molecule has 0 bridgehead atoms. The van der Waals surface area contributed by atoms with Crippen molar-refractivity contribution >= 4 is 23.5 Å². The molecule has 4 N–H and O–H groups in total. The highest BCUT2D eigenvalue weighted by Gasteiger charge is 2.26. The van der Waals surface area contributed by atoms with Gasteiger partial charge in [0, 0.05) is 23.6 Å². The Hall–Kier alpha value is -4.24. The first-order chi connectivity index (χ1) is 16.5. The number of rotatable bonds is 8. The van der Waals surface area contributed by atoms with E-state index in [1.807, 2.05) is 0 Å². The molecular formula is C26H27N3O6. The largest absolute Gasteiger partial charge is 0.482 e. The van der Waals surface area contributed by atoms with Crippen LogP contribution >= 0.6 is 0 Å². The number of carboxylic acids is 1. The molecule has 0 aliphatic heterocycles. The number of esters is 1. The average Bonchev–Trinajstić information content (AvgIpc) is 2.81. The van der Waals surface area contributed by atoms with Gasteiger partial charge in [0.2, 0.25) is 0 Å². The summed E-state index contributed by atoms with van der Waals surface area (Å²) in [6.45, 7) is 4.72. The van der Waals surface area contributed by atoms with E-state index in [-0.39, 0.29) is 5.91 Å². The second-order valence-electron chi connectivity index (χ2n) is 8.71. The molecule has 1 amide bonds. The Morgan fingerprint density at radius 1 is 1.06 bits per heavy atom. The molecule has 0 spiro atoms. The van der Waals surface area contributed by atoms with Gasteiger partial charge in [-0.2, -0.15) is 0 Å². The van der Waals surface area contributed by atoms with Crippen molar-refractivity contribution in [2.75, 3.05) is 11.9 Å². The molecular weight excluding hydrogens is 450 g/mol. The monoisotopic (exact) mass is 477 g/mol. The summed E-state index contributed by atoms with van der Waals surface area (Å²) in [5.41, 5.74) is 7.98. The van der Waals surface area contributed by atoms with Gasteiger partial charge in [-0.25, -0.2) is 9.59 Å². The molecule has 0 radical (unpaired) electrons. The lowest BCUT2D eigenvalue weighted by Gasteiger charge is -2.23. The van der Waals surface area contributed by atoms with Gasteiger partial charge in [-0.05, 0) is 73.9 Å². The highest BCUT2D eigenvalue weighted by atomic mass is 16.6. The molecule has 3 aromatic rings. The first kappa shape index (κ1) is 25.4. The normalized spacial score (nSPS) is 11.9. The standard InChI is InChI=1S/C26H27N3O6/c1-26(2,3)35-25(33)23(27)20-8-7-17(24(32)29-18-9-11-28-12-10-18)14-21(20)16-5-4-6-19(13-16)34-15-22(30)31/h4-14,23H,15,27H2,1-3H3,(H,30,31)(H,28,29,32). The van der Waals surface area contributed by atoms with Gasteiger partial charge in [-0.1, -0.05) is 18.2 Å². The van der Waals surface area contributed by atoms with Crippen molar-refractivity contribution in [1.29, 1.82) is 0 Å². The lowest BCUT2D eigenvalue weighted by molar-refractivity contribution is -0.156. The van der Waals surface area contributed by atoms with Gasteiger partial charge in [0.05, 0.1) is 0 Å². The number of anilines is 1.